The van der Waals surface area contributed by atoms with Gasteiger partial charge in [-0.05, 0) is 23.8 Å². The molecule has 0 aliphatic heterocycles. The number of nitrogens with zero attached hydrogens (tertiary/aromatic N) is 4. The Labute approximate surface area is 121 Å². The van der Waals surface area contributed by atoms with Crippen molar-refractivity contribution in [1.29, 1.82) is 0 Å². The monoisotopic (exact) mass is 282 g/mol. The summed E-state index contributed by atoms with van der Waals surface area (Å²) in [5.74, 6) is -0.905. The number of carboxylic acid groups (broad SMARTS) is 1. The van der Waals surface area contributed by atoms with Crippen LogP contribution in [-0.2, 0) is 17.9 Å². The minimum absolute atomic E-state index is 0.132. The molecular formula is C15H14N4O2. The van der Waals surface area contributed by atoms with Crippen LogP contribution in [-0.4, -0.2) is 30.6 Å². The number of rotatable bonds is 5. The summed E-state index contributed by atoms with van der Waals surface area (Å²) in [5, 5.41) is 17.2. The molecular weight excluding hydrogens is 268 g/mol. The van der Waals surface area contributed by atoms with Crippen LogP contribution in [0, 0.1) is 0 Å². The Hall–Kier alpha value is -2.89. The van der Waals surface area contributed by atoms with E-state index < -0.39 is 5.97 Å². The standard InChI is InChI=1S/C15H14N4O2/c20-15(21)11-19-8-5-14(17-19)13-4-1-3-12(9-13)10-18-7-2-6-16-18/h1-9H,10-11H2,(H,20,21). The molecule has 2 heterocycles. The molecule has 106 valence electrons. The SMILES string of the molecule is O=C(O)Cn1ccc(-c2cccc(Cn3cccn3)c2)n1. The number of carboxylic acids is 1. The van der Waals surface area contributed by atoms with E-state index in [9.17, 15) is 4.79 Å². The first kappa shape index (κ1) is 13.1. The molecule has 0 aliphatic rings. The quantitative estimate of drug-likeness (QED) is 0.775. The Morgan fingerprint density at radius 1 is 1.14 bits per heavy atom. The topological polar surface area (TPSA) is 72.9 Å². The zero-order valence-electron chi connectivity index (χ0n) is 11.3. The van der Waals surface area contributed by atoms with Gasteiger partial charge in [-0.15, -0.1) is 0 Å². The van der Waals surface area contributed by atoms with Crippen molar-refractivity contribution in [1.82, 2.24) is 19.6 Å². The minimum Gasteiger partial charge on any atom is -0.480 e. The summed E-state index contributed by atoms with van der Waals surface area (Å²) in [5.41, 5.74) is 2.84. The third kappa shape index (κ3) is 3.17. The summed E-state index contributed by atoms with van der Waals surface area (Å²) in [6, 6.07) is 11.7. The molecule has 0 spiro atoms. The van der Waals surface area contributed by atoms with Crippen molar-refractivity contribution in [2.45, 2.75) is 13.1 Å². The zero-order chi connectivity index (χ0) is 14.7. The lowest BCUT2D eigenvalue weighted by Crippen LogP contribution is -2.08. The second-order valence-corrected chi connectivity index (χ2v) is 4.70. The number of aromatic nitrogens is 4. The highest BCUT2D eigenvalue weighted by Gasteiger charge is 2.06. The van der Waals surface area contributed by atoms with E-state index in [0.717, 1.165) is 16.8 Å². The van der Waals surface area contributed by atoms with Gasteiger partial charge in [-0.2, -0.15) is 10.2 Å². The van der Waals surface area contributed by atoms with Crippen molar-refractivity contribution in [3.8, 4) is 11.3 Å². The van der Waals surface area contributed by atoms with Crippen LogP contribution >= 0.6 is 0 Å². The Kier molecular flexibility index (Phi) is 3.51. The molecule has 2 aromatic heterocycles. The van der Waals surface area contributed by atoms with E-state index in [4.69, 9.17) is 5.11 Å². The van der Waals surface area contributed by atoms with Crippen molar-refractivity contribution >= 4 is 5.97 Å². The van der Waals surface area contributed by atoms with Crippen LogP contribution in [0.1, 0.15) is 5.56 Å². The largest absolute Gasteiger partial charge is 0.480 e. The molecule has 3 aromatic rings. The van der Waals surface area contributed by atoms with Gasteiger partial charge in [-0.3, -0.25) is 14.2 Å². The number of hydrogen-bond donors (Lipinski definition) is 1. The third-order valence-electron chi connectivity index (χ3n) is 3.06. The molecule has 0 radical (unpaired) electrons. The molecule has 21 heavy (non-hydrogen) atoms. The van der Waals surface area contributed by atoms with Crippen molar-refractivity contribution < 1.29 is 9.90 Å². The first-order chi connectivity index (χ1) is 10.2. The first-order valence-electron chi connectivity index (χ1n) is 6.53. The summed E-state index contributed by atoms with van der Waals surface area (Å²) in [4.78, 5) is 10.7. The van der Waals surface area contributed by atoms with Gasteiger partial charge in [0.05, 0.1) is 12.2 Å². The maximum absolute atomic E-state index is 10.7. The summed E-state index contributed by atoms with van der Waals surface area (Å²) in [7, 11) is 0. The maximum Gasteiger partial charge on any atom is 0.325 e. The number of hydrogen-bond acceptors (Lipinski definition) is 3. The molecule has 0 unspecified atom stereocenters. The van der Waals surface area contributed by atoms with Gasteiger partial charge in [-0.25, -0.2) is 0 Å². The minimum atomic E-state index is -0.905. The van der Waals surface area contributed by atoms with Gasteiger partial charge < -0.3 is 5.11 Å². The lowest BCUT2D eigenvalue weighted by atomic mass is 10.1. The van der Waals surface area contributed by atoms with Crippen molar-refractivity contribution in [2.75, 3.05) is 0 Å². The Bertz CT molecular complexity index is 747. The number of benzene rings is 1. The van der Waals surface area contributed by atoms with Gasteiger partial charge in [-0.1, -0.05) is 18.2 Å². The van der Waals surface area contributed by atoms with Crippen LogP contribution in [0.3, 0.4) is 0 Å². The highest BCUT2D eigenvalue weighted by Crippen LogP contribution is 2.18. The number of carbonyl (C=O) groups is 1. The molecule has 0 aliphatic carbocycles. The fraction of sp³-hybridized carbons (Fsp3) is 0.133. The van der Waals surface area contributed by atoms with Crippen LogP contribution in [0.4, 0.5) is 0 Å². The van der Waals surface area contributed by atoms with Gasteiger partial charge in [0.1, 0.15) is 6.54 Å². The normalized spacial score (nSPS) is 10.7. The van der Waals surface area contributed by atoms with Gasteiger partial charge in [0, 0.05) is 24.2 Å². The zero-order valence-corrected chi connectivity index (χ0v) is 11.3. The number of aliphatic carboxylic acids is 1. The second-order valence-electron chi connectivity index (χ2n) is 4.70. The van der Waals surface area contributed by atoms with E-state index >= 15 is 0 Å². The maximum atomic E-state index is 10.7. The molecule has 3 rings (SSSR count). The van der Waals surface area contributed by atoms with Crippen LogP contribution < -0.4 is 0 Å². The average molecular weight is 282 g/mol. The van der Waals surface area contributed by atoms with Crippen LogP contribution in [0.5, 0.6) is 0 Å². The van der Waals surface area contributed by atoms with E-state index in [1.165, 1.54) is 4.68 Å². The molecule has 0 amide bonds. The van der Waals surface area contributed by atoms with Crippen molar-refractivity contribution in [3.05, 3.63) is 60.6 Å². The summed E-state index contributed by atoms with van der Waals surface area (Å²) in [6.45, 7) is 0.559. The van der Waals surface area contributed by atoms with Crippen LogP contribution in [0.2, 0.25) is 0 Å². The third-order valence-corrected chi connectivity index (χ3v) is 3.06. The molecule has 6 heteroatoms. The molecule has 0 atom stereocenters. The molecule has 0 bridgehead atoms. The molecule has 1 N–H and O–H groups in total. The Morgan fingerprint density at radius 3 is 2.81 bits per heavy atom. The first-order valence-corrected chi connectivity index (χ1v) is 6.53. The summed E-state index contributed by atoms with van der Waals surface area (Å²) < 4.78 is 3.26. The molecule has 6 nitrogen and oxygen atoms in total. The van der Waals surface area contributed by atoms with E-state index in [-0.39, 0.29) is 6.54 Å². The van der Waals surface area contributed by atoms with Gasteiger partial charge in [0.25, 0.3) is 0 Å². The van der Waals surface area contributed by atoms with Gasteiger partial charge >= 0.3 is 5.97 Å². The van der Waals surface area contributed by atoms with Crippen LogP contribution in [0.25, 0.3) is 11.3 Å². The van der Waals surface area contributed by atoms with Gasteiger partial charge in [0.15, 0.2) is 0 Å². The molecule has 1 aromatic carbocycles. The molecule has 0 fully saturated rings. The smallest absolute Gasteiger partial charge is 0.325 e. The van der Waals surface area contributed by atoms with Crippen molar-refractivity contribution in [3.63, 3.8) is 0 Å². The van der Waals surface area contributed by atoms with E-state index in [1.807, 2.05) is 47.3 Å². The summed E-state index contributed by atoms with van der Waals surface area (Å²) in [6.07, 6.45) is 5.33. The van der Waals surface area contributed by atoms with E-state index in [0.29, 0.717) is 6.54 Å². The lowest BCUT2D eigenvalue weighted by molar-refractivity contribution is -0.137. The lowest BCUT2D eigenvalue weighted by Gasteiger charge is -2.04. The van der Waals surface area contributed by atoms with Gasteiger partial charge in [0.2, 0.25) is 0 Å². The molecule has 0 saturated carbocycles. The molecule has 0 saturated heterocycles. The predicted molar refractivity (Wildman–Crippen MR) is 76.6 cm³/mol. The Morgan fingerprint density at radius 2 is 2.05 bits per heavy atom. The second kappa shape index (κ2) is 5.62. The van der Waals surface area contributed by atoms with E-state index in [1.54, 1.807) is 12.4 Å². The van der Waals surface area contributed by atoms with Crippen molar-refractivity contribution in [2.24, 2.45) is 0 Å². The van der Waals surface area contributed by atoms with Crippen LogP contribution in [0.15, 0.2) is 55.0 Å². The van der Waals surface area contributed by atoms with E-state index in [2.05, 4.69) is 10.2 Å². The fourth-order valence-electron chi connectivity index (χ4n) is 2.15. The fourth-order valence-corrected chi connectivity index (χ4v) is 2.15. The highest BCUT2D eigenvalue weighted by atomic mass is 16.4. The predicted octanol–water partition coefficient (Wildman–Crippen LogP) is 1.88. The Balaban J connectivity index is 1.82. The highest BCUT2D eigenvalue weighted by molar-refractivity contribution is 5.66. The summed E-state index contributed by atoms with van der Waals surface area (Å²) >= 11 is 0. The average Bonchev–Trinajstić information content (AvgIpc) is 3.10.